The fourth-order valence-corrected chi connectivity index (χ4v) is 2.85. The monoisotopic (exact) mass is 334 g/mol. The quantitative estimate of drug-likeness (QED) is 0.835. The Kier molecular flexibility index (Phi) is 5.94. The van der Waals surface area contributed by atoms with Gasteiger partial charge in [-0.1, -0.05) is 11.6 Å². The van der Waals surface area contributed by atoms with Gasteiger partial charge in [0, 0.05) is 33.9 Å². The third kappa shape index (κ3) is 4.29. The van der Waals surface area contributed by atoms with Crippen molar-refractivity contribution in [2.45, 2.75) is 11.8 Å². The zero-order chi connectivity index (χ0) is 16.2. The molecule has 9 heteroatoms. The highest BCUT2D eigenvalue weighted by atomic mass is 35.5. The van der Waals surface area contributed by atoms with Crippen molar-refractivity contribution in [3.05, 3.63) is 17.3 Å². The SMILES string of the molecule is CCNc1ncc(S(=O)(=O)N(C)CC(=O)N(C)C)cc1Cl. The predicted octanol–water partition coefficient (Wildman–Crippen LogP) is 0.875. The van der Waals surface area contributed by atoms with Gasteiger partial charge in [-0.15, -0.1) is 0 Å². The molecule has 21 heavy (non-hydrogen) atoms. The molecule has 0 atom stereocenters. The molecule has 1 aromatic heterocycles. The van der Waals surface area contributed by atoms with Crippen molar-refractivity contribution in [1.29, 1.82) is 0 Å². The molecule has 1 N–H and O–H groups in total. The van der Waals surface area contributed by atoms with Crippen LogP contribution < -0.4 is 5.32 Å². The van der Waals surface area contributed by atoms with E-state index in [0.29, 0.717) is 12.4 Å². The van der Waals surface area contributed by atoms with E-state index < -0.39 is 10.0 Å². The molecule has 1 rings (SSSR count). The molecule has 0 fully saturated rings. The maximum absolute atomic E-state index is 12.3. The van der Waals surface area contributed by atoms with Gasteiger partial charge in [0.05, 0.1) is 11.6 Å². The Hall–Kier alpha value is -1.38. The number of sulfonamides is 1. The summed E-state index contributed by atoms with van der Waals surface area (Å²) < 4.78 is 25.7. The Morgan fingerprint density at radius 1 is 1.38 bits per heavy atom. The highest BCUT2D eigenvalue weighted by Crippen LogP contribution is 2.23. The van der Waals surface area contributed by atoms with E-state index >= 15 is 0 Å². The minimum Gasteiger partial charge on any atom is -0.369 e. The number of rotatable bonds is 6. The van der Waals surface area contributed by atoms with Gasteiger partial charge >= 0.3 is 0 Å². The van der Waals surface area contributed by atoms with Crippen molar-refractivity contribution in [3.8, 4) is 0 Å². The summed E-state index contributed by atoms with van der Waals surface area (Å²) in [5.74, 6) is 0.106. The summed E-state index contributed by atoms with van der Waals surface area (Å²) in [7, 11) is 0.649. The average Bonchev–Trinajstić information content (AvgIpc) is 2.40. The van der Waals surface area contributed by atoms with Crippen LogP contribution >= 0.6 is 11.6 Å². The number of hydrogen-bond donors (Lipinski definition) is 1. The van der Waals surface area contributed by atoms with Gasteiger partial charge in [0.2, 0.25) is 15.9 Å². The number of likely N-dealkylation sites (N-methyl/N-ethyl adjacent to an activating group) is 2. The van der Waals surface area contributed by atoms with E-state index in [1.54, 1.807) is 14.1 Å². The number of amides is 1. The van der Waals surface area contributed by atoms with Crippen LogP contribution in [0.15, 0.2) is 17.2 Å². The van der Waals surface area contributed by atoms with Crippen LogP contribution in [0.25, 0.3) is 0 Å². The van der Waals surface area contributed by atoms with E-state index in [0.717, 1.165) is 4.31 Å². The van der Waals surface area contributed by atoms with Crippen molar-refractivity contribution in [1.82, 2.24) is 14.2 Å². The maximum atomic E-state index is 12.3. The lowest BCUT2D eigenvalue weighted by molar-refractivity contribution is -0.128. The average molecular weight is 335 g/mol. The molecule has 0 saturated heterocycles. The van der Waals surface area contributed by atoms with Gasteiger partial charge in [0.25, 0.3) is 0 Å². The largest absolute Gasteiger partial charge is 0.369 e. The Bertz CT molecular complexity index is 619. The summed E-state index contributed by atoms with van der Waals surface area (Å²) in [5, 5.41) is 3.13. The normalized spacial score (nSPS) is 11.5. The smallest absolute Gasteiger partial charge is 0.244 e. The molecule has 0 unspecified atom stereocenters. The van der Waals surface area contributed by atoms with Gasteiger partial charge in [0.1, 0.15) is 10.7 Å². The van der Waals surface area contributed by atoms with Crippen molar-refractivity contribution in [2.75, 3.05) is 39.5 Å². The number of pyridine rings is 1. The standard InChI is InChI=1S/C12H19ClN4O3S/c1-5-14-12-10(13)6-9(7-15-12)21(19,20)17(4)8-11(18)16(2)3/h6-7H,5,8H2,1-4H3,(H,14,15). The number of carbonyl (C=O) groups excluding carboxylic acids is 1. The number of hydrogen-bond acceptors (Lipinski definition) is 5. The molecular weight excluding hydrogens is 316 g/mol. The van der Waals surface area contributed by atoms with Gasteiger partial charge < -0.3 is 10.2 Å². The molecule has 0 aliphatic heterocycles. The molecule has 0 bridgehead atoms. The second-order valence-electron chi connectivity index (χ2n) is 4.58. The van der Waals surface area contributed by atoms with Crippen LogP contribution in [-0.4, -0.2) is 62.7 Å². The van der Waals surface area contributed by atoms with Crippen LogP contribution in [0.2, 0.25) is 5.02 Å². The summed E-state index contributed by atoms with van der Waals surface area (Å²) in [4.78, 5) is 16.9. The third-order valence-corrected chi connectivity index (χ3v) is 4.78. The molecule has 118 valence electrons. The van der Waals surface area contributed by atoms with Crippen LogP contribution in [-0.2, 0) is 14.8 Å². The molecule has 1 heterocycles. The minimum absolute atomic E-state index is 0.0526. The summed E-state index contributed by atoms with van der Waals surface area (Å²) in [6.45, 7) is 2.25. The molecule has 0 spiro atoms. The first-order chi connectivity index (χ1) is 9.70. The summed E-state index contributed by atoms with van der Waals surface area (Å²) in [5.41, 5.74) is 0. The molecular formula is C12H19ClN4O3S. The number of aromatic nitrogens is 1. The maximum Gasteiger partial charge on any atom is 0.244 e. The zero-order valence-electron chi connectivity index (χ0n) is 12.4. The van der Waals surface area contributed by atoms with E-state index in [9.17, 15) is 13.2 Å². The Labute approximate surface area is 130 Å². The number of nitrogens with one attached hydrogen (secondary N) is 1. The van der Waals surface area contributed by atoms with Crippen LogP contribution in [0.1, 0.15) is 6.92 Å². The zero-order valence-corrected chi connectivity index (χ0v) is 14.0. The molecule has 0 radical (unpaired) electrons. The van der Waals surface area contributed by atoms with Crippen LogP contribution in [0.3, 0.4) is 0 Å². The molecule has 0 aliphatic carbocycles. The van der Waals surface area contributed by atoms with Gasteiger partial charge in [0.15, 0.2) is 0 Å². The summed E-state index contributed by atoms with van der Waals surface area (Å²) >= 11 is 5.99. The molecule has 0 aliphatic rings. The predicted molar refractivity (Wildman–Crippen MR) is 81.9 cm³/mol. The first kappa shape index (κ1) is 17.7. The minimum atomic E-state index is -3.81. The number of anilines is 1. The number of nitrogens with zero attached hydrogens (tertiary/aromatic N) is 3. The number of halogens is 1. The molecule has 1 amide bonds. The van der Waals surface area contributed by atoms with Gasteiger partial charge in [-0.05, 0) is 13.0 Å². The van der Waals surface area contributed by atoms with Gasteiger partial charge in [-0.25, -0.2) is 13.4 Å². The Balaban J connectivity index is 3.02. The van der Waals surface area contributed by atoms with Crippen LogP contribution in [0, 0.1) is 0 Å². The lowest BCUT2D eigenvalue weighted by Crippen LogP contribution is -2.37. The summed E-state index contributed by atoms with van der Waals surface area (Å²) in [6, 6.07) is 1.32. The van der Waals surface area contributed by atoms with E-state index in [1.165, 1.54) is 24.2 Å². The number of carbonyl (C=O) groups is 1. The van der Waals surface area contributed by atoms with E-state index in [2.05, 4.69) is 10.3 Å². The fourth-order valence-electron chi connectivity index (χ4n) is 1.46. The second kappa shape index (κ2) is 7.06. The molecule has 0 aromatic carbocycles. The Morgan fingerprint density at radius 3 is 2.48 bits per heavy atom. The van der Waals surface area contributed by atoms with Crippen molar-refractivity contribution in [3.63, 3.8) is 0 Å². The van der Waals surface area contributed by atoms with Gasteiger partial charge in [-0.3, -0.25) is 4.79 Å². The highest BCUT2D eigenvalue weighted by Gasteiger charge is 2.24. The topological polar surface area (TPSA) is 82.6 Å². The van der Waals surface area contributed by atoms with E-state index in [1.807, 2.05) is 6.92 Å². The highest BCUT2D eigenvalue weighted by molar-refractivity contribution is 7.89. The fraction of sp³-hybridized carbons (Fsp3) is 0.500. The van der Waals surface area contributed by atoms with Crippen LogP contribution in [0.5, 0.6) is 0 Å². The Morgan fingerprint density at radius 2 is 2.00 bits per heavy atom. The lowest BCUT2D eigenvalue weighted by Gasteiger charge is -2.19. The lowest BCUT2D eigenvalue weighted by atomic mass is 10.4. The van der Waals surface area contributed by atoms with Crippen molar-refractivity contribution < 1.29 is 13.2 Å². The van der Waals surface area contributed by atoms with Crippen molar-refractivity contribution >= 4 is 33.3 Å². The molecule has 1 aromatic rings. The third-order valence-electron chi connectivity index (χ3n) is 2.73. The van der Waals surface area contributed by atoms with E-state index in [4.69, 9.17) is 11.6 Å². The first-order valence-electron chi connectivity index (χ1n) is 6.26. The summed E-state index contributed by atoms with van der Waals surface area (Å²) in [6.07, 6.45) is 1.22. The van der Waals surface area contributed by atoms with Gasteiger partial charge in [-0.2, -0.15) is 4.31 Å². The molecule has 0 saturated carbocycles. The second-order valence-corrected chi connectivity index (χ2v) is 7.03. The van der Waals surface area contributed by atoms with Crippen molar-refractivity contribution in [2.24, 2.45) is 0 Å². The van der Waals surface area contributed by atoms with Crippen LogP contribution in [0.4, 0.5) is 5.82 Å². The molecule has 7 nitrogen and oxygen atoms in total. The van der Waals surface area contributed by atoms with E-state index in [-0.39, 0.29) is 22.4 Å². The first-order valence-corrected chi connectivity index (χ1v) is 8.07.